The standard InChI is InChI=1S/C58H39N3O/c1-6-18-43(19-7-1)59(44-20-8-2-9-21-44)48-34-42(35-49(38-48)60(45-22-10-3-11-23-45)46-24-12-4-13-25-46)40-31-33-55-53(36-40)54-39-52-41(37-56(54)61(55)47-26-14-5-15-27-47)30-32-51-50-28-16-17-29-57(50)62-58(51)52/h1-39H. The van der Waals surface area contributed by atoms with Gasteiger partial charge in [0.2, 0.25) is 0 Å². The summed E-state index contributed by atoms with van der Waals surface area (Å²) in [5, 5.41) is 6.87. The second kappa shape index (κ2) is 14.7. The van der Waals surface area contributed by atoms with Crippen molar-refractivity contribution in [2.24, 2.45) is 0 Å². The number of hydrogen-bond acceptors (Lipinski definition) is 3. The average Bonchev–Trinajstić information content (AvgIpc) is 3.88. The number of para-hydroxylation sites is 6. The lowest BCUT2D eigenvalue weighted by molar-refractivity contribution is 0.672. The predicted octanol–water partition coefficient (Wildman–Crippen LogP) is 16.4. The Balaban J connectivity index is 1.14. The van der Waals surface area contributed by atoms with Crippen LogP contribution in [0.15, 0.2) is 241 Å². The number of fused-ring (bicyclic) bond motifs is 8. The van der Waals surface area contributed by atoms with Gasteiger partial charge in [0.1, 0.15) is 11.2 Å². The monoisotopic (exact) mass is 793 g/mol. The molecule has 4 heteroatoms. The summed E-state index contributed by atoms with van der Waals surface area (Å²) in [6.07, 6.45) is 0. The van der Waals surface area contributed by atoms with E-state index in [9.17, 15) is 0 Å². The van der Waals surface area contributed by atoms with Crippen LogP contribution in [0, 0.1) is 0 Å². The second-order valence-electron chi connectivity index (χ2n) is 15.8. The lowest BCUT2D eigenvalue weighted by Gasteiger charge is -2.30. The van der Waals surface area contributed by atoms with E-state index in [1.54, 1.807) is 0 Å². The highest BCUT2D eigenvalue weighted by Crippen LogP contribution is 2.45. The summed E-state index contributed by atoms with van der Waals surface area (Å²) >= 11 is 0. The van der Waals surface area contributed by atoms with Crippen molar-refractivity contribution < 1.29 is 4.42 Å². The van der Waals surface area contributed by atoms with Crippen molar-refractivity contribution >= 4 is 88.6 Å². The van der Waals surface area contributed by atoms with Gasteiger partial charge in [0.25, 0.3) is 0 Å². The first kappa shape index (κ1) is 35.6. The van der Waals surface area contributed by atoms with Gasteiger partial charge in [-0.15, -0.1) is 0 Å². The van der Waals surface area contributed by atoms with Crippen molar-refractivity contribution in [2.45, 2.75) is 0 Å². The Morgan fingerprint density at radius 3 is 1.40 bits per heavy atom. The van der Waals surface area contributed by atoms with Crippen LogP contribution in [0.2, 0.25) is 0 Å². The molecule has 2 heterocycles. The van der Waals surface area contributed by atoms with Crippen LogP contribution in [-0.4, -0.2) is 4.57 Å². The third-order valence-corrected chi connectivity index (χ3v) is 12.1. The highest BCUT2D eigenvalue weighted by atomic mass is 16.3. The zero-order chi connectivity index (χ0) is 41.0. The molecular formula is C58H39N3O. The minimum Gasteiger partial charge on any atom is -0.455 e. The number of benzene rings is 10. The largest absolute Gasteiger partial charge is 0.455 e. The third-order valence-electron chi connectivity index (χ3n) is 12.1. The Morgan fingerprint density at radius 2 is 0.823 bits per heavy atom. The zero-order valence-electron chi connectivity index (χ0n) is 33.8. The molecule has 0 N–H and O–H groups in total. The van der Waals surface area contributed by atoms with Gasteiger partial charge in [-0.1, -0.05) is 121 Å². The van der Waals surface area contributed by atoms with Crippen molar-refractivity contribution in [3.05, 3.63) is 237 Å². The van der Waals surface area contributed by atoms with Crippen LogP contribution >= 0.6 is 0 Å². The number of furan rings is 1. The summed E-state index contributed by atoms with van der Waals surface area (Å²) in [5.74, 6) is 0. The molecule has 0 saturated carbocycles. The molecular weight excluding hydrogens is 755 g/mol. The molecule has 0 aliphatic heterocycles. The van der Waals surface area contributed by atoms with Crippen LogP contribution < -0.4 is 9.80 Å². The van der Waals surface area contributed by atoms with Crippen molar-refractivity contribution in [1.82, 2.24) is 4.57 Å². The van der Waals surface area contributed by atoms with Crippen molar-refractivity contribution in [2.75, 3.05) is 9.80 Å². The fourth-order valence-electron chi connectivity index (χ4n) is 9.28. The molecule has 0 bridgehead atoms. The lowest BCUT2D eigenvalue weighted by Crippen LogP contribution is -2.13. The van der Waals surface area contributed by atoms with Gasteiger partial charge in [0.15, 0.2) is 0 Å². The van der Waals surface area contributed by atoms with E-state index in [0.29, 0.717) is 0 Å². The molecule has 0 spiro atoms. The van der Waals surface area contributed by atoms with Gasteiger partial charge in [-0.3, -0.25) is 0 Å². The number of nitrogens with zero attached hydrogens (tertiary/aromatic N) is 3. The van der Waals surface area contributed by atoms with Gasteiger partial charge in [-0.25, -0.2) is 0 Å². The van der Waals surface area contributed by atoms with Crippen molar-refractivity contribution in [3.63, 3.8) is 0 Å². The van der Waals surface area contributed by atoms with Crippen LogP contribution in [0.5, 0.6) is 0 Å². The molecule has 0 fully saturated rings. The van der Waals surface area contributed by atoms with E-state index in [4.69, 9.17) is 4.42 Å². The lowest BCUT2D eigenvalue weighted by atomic mass is 9.99. The molecule has 0 aliphatic rings. The maximum absolute atomic E-state index is 6.61. The summed E-state index contributed by atoms with van der Waals surface area (Å²) in [4.78, 5) is 4.71. The number of rotatable bonds is 8. The van der Waals surface area contributed by atoms with Crippen LogP contribution in [0.3, 0.4) is 0 Å². The quantitative estimate of drug-likeness (QED) is 0.153. The Kier molecular flexibility index (Phi) is 8.46. The SMILES string of the molecule is c1ccc(N(c2ccccc2)c2cc(-c3ccc4c(c3)c3cc5c(ccc6c7ccccc7oc56)cc3n4-c3ccccc3)cc(N(c3ccccc3)c3ccccc3)c2)cc1. The van der Waals surface area contributed by atoms with Crippen LogP contribution in [-0.2, 0) is 0 Å². The Morgan fingerprint density at radius 1 is 0.306 bits per heavy atom. The molecule has 0 amide bonds. The average molecular weight is 794 g/mol. The first-order valence-corrected chi connectivity index (χ1v) is 21.1. The van der Waals surface area contributed by atoms with E-state index in [2.05, 4.69) is 245 Å². The second-order valence-corrected chi connectivity index (χ2v) is 15.8. The minimum absolute atomic E-state index is 0.903. The molecule has 0 radical (unpaired) electrons. The van der Waals surface area contributed by atoms with Gasteiger partial charge < -0.3 is 18.8 Å². The highest BCUT2D eigenvalue weighted by molar-refractivity contribution is 6.21. The van der Waals surface area contributed by atoms with Crippen LogP contribution in [0.25, 0.3) is 71.3 Å². The fourth-order valence-corrected chi connectivity index (χ4v) is 9.28. The highest BCUT2D eigenvalue weighted by Gasteiger charge is 2.21. The zero-order valence-corrected chi connectivity index (χ0v) is 33.8. The van der Waals surface area contributed by atoms with Crippen LogP contribution in [0.4, 0.5) is 34.1 Å². The molecule has 0 aliphatic carbocycles. The van der Waals surface area contributed by atoms with E-state index in [-0.39, 0.29) is 0 Å². The molecule has 0 atom stereocenters. The van der Waals surface area contributed by atoms with Gasteiger partial charge in [0.05, 0.1) is 11.0 Å². The Hall–Kier alpha value is -8.34. The number of anilines is 6. The predicted molar refractivity (Wildman–Crippen MR) is 260 cm³/mol. The smallest absolute Gasteiger partial charge is 0.143 e. The molecule has 0 saturated heterocycles. The number of hydrogen-bond donors (Lipinski definition) is 0. The van der Waals surface area contributed by atoms with Gasteiger partial charge >= 0.3 is 0 Å². The van der Waals surface area contributed by atoms with Gasteiger partial charge in [-0.2, -0.15) is 0 Å². The Bertz CT molecular complexity index is 3380. The maximum atomic E-state index is 6.61. The molecule has 12 aromatic rings. The first-order valence-electron chi connectivity index (χ1n) is 21.1. The molecule has 12 rings (SSSR count). The van der Waals surface area contributed by atoms with Gasteiger partial charge in [0, 0.05) is 66.7 Å². The topological polar surface area (TPSA) is 24.6 Å². The fraction of sp³-hybridized carbons (Fsp3) is 0. The first-order chi connectivity index (χ1) is 30.7. The molecule has 10 aromatic carbocycles. The summed E-state index contributed by atoms with van der Waals surface area (Å²) in [6.45, 7) is 0. The molecule has 62 heavy (non-hydrogen) atoms. The molecule has 2 aromatic heterocycles. The van der Waals surface area contributed by atoms with Gasteiger partial charge in [-0.05, 0) is 132 Å². The van der Waals surface area contributed by atoms with Crippen LogP contribution in [0.1, 0.15) is 0 Å². The van der Waals surface area contributed by atoms with E-state index in [1.807, 2.05) is 6.07 Å². The van der Waals surface area contributed by atoms with E-state index >= 15 is 0 Å². The summed E-state index contributed by atoms with van der Waals surface area (Å²) in [7, 11) is 0. The molecule has 0 unspecified atom stereocenters. The normalized spacial score (nSPS) is 11.5. The van der Waals surface area contributed by atoms with E-state index < -0.39 is 0 Å². The third kappa shape index (κ3) is 6.00. The summed E-state index contributed by atoms with van der Waals surface area (Å²) in [6, 6.07) is 84.7. The molecule has 4 nitrogen and oxygen atoms in total. The molecule has 292 valence electrons. The Labute approximate surface area is 359 Å². The maximum Gasteiger partial charge on any atom is 0.143 e. The van der Waals surface area contributed by atoms with E-state index in [1.165, 1.54) is 10.8 Å². The summed E-state index contributed by atoms with van der Waals surface area (Å²) in [5.41, 5.74) is 13.9. The van der Waals surface area contributed by atoms with E-state index in [0.717, 1.165) is 94.7 Å². The van der Waals surface area contributed by atoms with Crippen molar-refractivity contribution in [1.29, 1.82) is 0 Å². The summed E-state index contributed by atoms with van der Waals surface area (Å²) < 4.78 is 9.01. The number of aromatic nitrogens is 1. The van der Waals surface area contributed by atoms with Crippen molar-refractivity contribution in [3.8, 4) is 16.8 Å². The minimum atomic E-state index is 0.903.